The van der Waals surface area contributed by atoms with Crippen LogP contribution in [0.4, 0.5) is 13.2 Å². The molecule has 1 N–H and O–H groups in total. The van der Waals surface area contributed by atoms with E-state index in [-0.39, 0.29) is 18.6 Å². The predicted molar refractivity (Wildman–Crippen MR) is 56.1 cm³/mol. The summed E-state index contributed by atoms with van der Waals surface area (Å²) in [5.41, 5.74) is -0.284. The molecule has 0 bridgehead atoms. The molecule has 96 valence electrons. The highest BCUT2D eigenvalue weighted by molar-refractivity contribution is 5.78. The van der Waals surface area contributed by atoms with Crippen LogP contribution >= 0.6 is 0 Å². The molecule has 0 rings (SSSR count). The maximum Gasteiger partial charge on any atom is 0.406 e. The minimum Gasteiger partial charge on any atom is -0.333 e. The van der Waals surface area contributed by atoms with E-state index in [4.69, 9.17) is 0 Å². The van der Waals surface area contributed by atoms with Gasteiger partial charge in [-0.05, 0) is 27.7 Å². The fourth-order valence-electron chi connectivity index (χ4n) is 1.05. The summed E-state index contributed by atoms with van der Waals surface area (Å²) in [5.74, 6) is -0.533. The van der Waals surface area contributed by atoms with Crippen molar-refractivity contribution in [3.05, 3.63) is 0 Å². The van der Waals surface area contributed by atoms with Gasteiger partial charge in [0.15, 0.2) is 0 Å². The fraction of sp³-hybridized carbons (Fsp3) is 0.900. The lowest BCUT2D eigenvalue weighted by Crippen LogP contribution is -2.47. The second-order valence-corrected chi connectivity index (χ2v) is 4.63. The molecule has 0 aliphatic heterocycles. The van der Waals surface area contributed by atoms with Gasteiger partial charge in [-0.3, -0.25) is 4.79 Å². The Hall–Kier alpha value is -0.780. The molecular formula is C10H19F3N2O. The van der Waals surface area contributed by atoms with Crippen LogP contribution in [0.25, 0.3) is 0 Å². The first kappa shape index (κ1) is 15.2. The Balaban J connectivity index is 4.22. The standard InChI is InChI=1S/C10H19F3N2O/c1-5-15(7-10(11,12)13)8(16)6-14-9(2,3)4/h14H,5-7H2,1-4H3. The van der Waals surface area contributed by atoms with Crippen LogP contribution in [-0.2, 0) is 4.79 Å². The Morgan fingerprint density at radius 2 is 1.75 bits per heavy atom. The predicted octanol–water partition coefficient (Wildman–Crippen LogP) is 1.79. The van der Waals surface area contributed by atoms with Crippen LogP contribution in [0.3, 0.4) is 0 Å². The Kier molecular flexibility index (Phi) is 5.25. The van der Waals surface area contributed by atoms with Crippen LogP contribution in [0, 0.1) is 0 Å². The van der Waals surface area contributed by atoms with Crippen molar-refractivity contribution in [2.24, 2.45) is 0 Å². The zero-order chi connectivity index (χ0) is 13.0. The van der Waals surface area contributed by atoms with E-state index in [2.05, 4.69) is 5.32 Å². The third-order valence-corrected chi connectivity index (χ3v) is 1.87. The van der Waals surface area contributed by atoms with E-state index in [0.29, 0.717) is 0 Å². The molecule has 0 aliphatic rings. The van der Waals surface area contributed by atoms with E-state index >= 15 is 0 Å². The molecule has 0 saturated carbocycles. The number of hydrogen-bond acceptors (Lipinski definition) is 2. The highest BCUT2D eigenvalue weighted by atomic mass is 19.4. The Labute approximate surface area is 94.0 Å². The van der Waals surface area contributed by atoms with E-state index in [1.54, 1.807) is 0 Å². The van der Waals surface area contributed by atoms with E-state index in [0.717, 1.165) is 4.90 Å². The van der Waals surface area contributed by atoms with Gasteiger partial charge < -0.3 is 10.2 Å². The Morgan fingerprint density at radius 3 is 2.06 bits per heavy atom. The Bertz CT molecular complexity index is 233. The average molecular weight is 240 g/mol. The second kappa shape index (κ2) is 5.52. The van der Waals surface area contributed by atoms with Crippen LogP contribution < -0.4 is 5.32 Å². The molecule has 0 heterocycles. The highest BCUT2D eigenvalue weighted by Gasteiger charge is 2.32. The summed E-state index contributed by atoms with van der Waals surface area (Å²) in [6.07, 6.45) is -4.34. The minimum absolute atomic E-state index is 0.0597. The lowest BCUT2D eigenvalue weighted by Gasteiger charge is -2.25. The quantitative estimate of drug-likeness (QED) is 0.812. The van der Waals surface area contributed by atoms with Crippen molar-refractivity contribution in [3.8, 4) is 0 Å². The molecule has 0 saturated heterocycles. The molecule has 0 spiro atoms. The zero-order valence-electron chi connectivity index (χ0n) is 10.1. The summed E-state index contributed by atoms with van der Waals surface area (Å²) in [6.45, 7) is 5.87. The molecule has 6 heteroatoms. The van der Waals surface area contributed by atoms with Crippen LogP contribution in [0.1, 0.15) is 27.7 Å². The van der Waals surface area contributed by atoms with Gasteiger partial charge in [0, 0.05) is 12.1 Å². The summed E-state index contributed by atoms with van der Waals surface area (Å²) in [5, 5.41) is 2.86. The summed E-state index contributed by atoms with van der Waals surface area (Å²) < 4.78 is 36.3. The van der Waals surface area contributed by atoms with E-state index in [1.807, 2.05) is 20.8 Å². The number of carbonyl (C=O) groups excluding carboxylic acids is 1. The maximum atomic E-state index is 12.1. The van der Waals surface area contributed by atoms with Crippen LogP contribution in [-0.4, -0.2) is 42.2 Å². The fourth-order valence-corrected chi connectivity index (χ4v) is 1.05. The van der Waals surface area contributed by atoms with Crippen molar-refractivity contribution in [3.63, 3.8) is 0 Å². The van der Waals surface area contributed by atoms with Crippen LogP contribution in [0.2, 0.25) is 0 Å². The van der Waals surface area contributed by atoms with E-state index in [9.17, 15) is 18.0 Å². The molecule has 0 radical (unpaired) electrons. The number of rotatable bonds is 4. The third-order valence-electron chi connectivity index (χ3n) is 1.87. The maximum absolute atomic E-state index is 12.1. The smallest absolute Gasteiger partial charge is 0.333 e. The number of hydrogen-bond donors (Lipinski definition) is 1. The zero-order valence-corrected chi connectivity index (χ0v) is 10.1. The van der Waals surface area contributed by atoms with E-state index in [1.165, 1.54) is 6.92 Å². The largest absolute Gasteiger partial charge is 0.406 e. The number of carbonyl (C=O) groups is 1. The molecule has 0 aromatic carbocycles. The van der Waals surface area contributed by atoms with Crippen molar-refractivity contribution in [2.75, 3.05) is 19.6 Å². The Morgan fingerprint density at radius 1 is 1.25 bits per heavy atom. The van der Waals surface area contributed by atoms with Crippen molar-refractivity contribution in [1.82, 2.24) is 10.2 Å². The van der Waals surface area contributed by atoms with Gasteiger partial charge in [-0.2, -0.15) is 13.2 Å². The van der Waals surface area contributed by atoms with Gasteiger partial charge in [-0.15, -0.1) is 0 Å². The summed E-state index contributed by atoms with van der Waals surface area (Å²) >= 11 is 0. The highest BCUT2D eigenvalue weighted by Crippen LogP contribution is 2.16. The molecule has 16 heavy (non-hydrogen) atoms. The van der Waals surface area contributed by atoms with Crippen molar-refractivity contribution in [2.45, 2.75) is 39.4 Å². The molecular weight excluding hydrogens is 221 g/mol. The summed E-state index contributed by atoms with van der Waals surface area (Å²) in [4.78, 5) is 12.3. The topological polar surface area (TPSA) is 32.3 Å². The van der Waals surface area contributed by atoms with Crippen LogP contribution in [0.15, 0.2) is 0 Å². The van der Waals surface area contributed by atoms with E-state index < -0.39 is 18.6 Å². The molecule has 0 unspecified atom stereocenters. The first-order valence-electron chi connectivity index (χ1n) is 5.14. The summed E-state index contributed by atoms with van der Waals surface area (Å²) in [6, 6.07) is 0. The lowest BCUT2D eigenvalue weighted by molar-refractivity contribution is -0.160. The molecule has 0 aromatic rings. The SMILES string of the molecule is CCN(CC(F)(F)F)C(=O)CNC(C)(C)C. The van der Waals surface area contributed by atoms with Crippen molar-refractivity contribution in [1.29, 1.82) is 0 Å². The van der Waals surface area contributed by atoms with Crippen molar-refractivity contribution < 1.29 is 18.0 Å². The van der Waals surface area contributed by atoms with Gasteiger partial charge in [-0.25, -0.2) is 0 Å². The van der Waals surface area contributed by atoms with Crippen LogP contribution in [0.5, 0.6) is 0 Å². The average Bonchev–Trinajstić information content (AvgIpc) is 2.07. The monoisotopic (exact) mass is 240 g/mol. The normalized spacial score (nSPS) is 12.7. The number of halogens is 3. The number of nitrogens with one attached hydrogen (secondary N) is 1. The van der Waals surface area contributed by atoms with Gasteiger partial charge in [-0.1, -0.05) is 0 Å². The molecule has 0 atom stereocenters. The van der Waals surface area contributed by atoms with Crippen molar-refractivity contribution >= 4 is 5.91 Å². The first-order valence-corrected chi connectivity index (χ1v) is 5.14. The van der Waals surface area contributed by atoms with Gasteiger partial charge in [0.25, 0.3) is 0 Å². The summed E-state index contributed by atoms with van der Waals surface area (Å²) in [7, 11) is 0. The van der Waals surface area contributed by atoms with Gasteiger partial charge >= 0.3 is 6.18 Å². The second-order valence-electron chi connectivity index (χ2n) is 4.63. The third kappa shape index (κ3) is 7.50. The molecule has 3 nitrogen and oxygen atoms in total. The molecule has 1 amide bonds. The van der Waals surface area contributed by atoms with Gasteiger partial charge in [0.2, 0.25) is 5.91 Å². The first-order chi connectivity index (χ1) is 7.05. The number of amides is 1. The number of likely N-dealkylation sites (N-methyl/N-ethyl adjacent to an activating group) is 1. The van der Waals surface area contributed by atoms with Gasteiger partial charge in [0.05, 0.1) is 6.54 Å². The number of alkyl halides is 3. The molecule has 0 fully saturated rings. The minimum atomic E-state index is -4.34. The van der Waals surface area contributed by atoms with Gasteiger partial charge in [0.1, 0.15) is 6.54 Å². The lowest BCUT2D eigenvalue weighted by atomic mass is 10.1. The molecule has 0 aliphatic carbocycles. The number of nitrogens with zero attached hydrogens (tertiary/aromatic N) is 1. The molecule has 0 aromatic heterocycles.